The van der Waals surface area contributed by atoms with Crippen molar-refractivity contribution >= 4 is 96.5 Å². The fourth-order valence-corrected chi connectivity index (χ4v) is 10.3. The molecule has 0 fully saturated rings. The lowest BCUT2D eigenvalue weighted by Crippen LogP contribution is -1.98. The number of halogens is 2. The van der Waals surface area contributed by atoms with Crippen LogP contribution < -0.4 is 0 Å². The molecule has 0 saturated carbocycles. The summed E-state index contributed by atoms with van der Waals surface area (Å²) in [7, 11) is 0. The van der Waals surface area contributed by atoms with Crippen LogP contribution in [0, 0.1) is 0 Å². The smallest absolute Gasteiger partial charge is 0.0260 e. The van der Waals surface area contributed by atoms with E-state index in [4.69, 9.17) is 0 Å². The van der Waals surface area contributed by atoms with E-state index < -0.39 is 0 Å². The third-order valence-electron chi connectivity index (χ3n) is 11.3. The molecule has 0 aliphatic rings. The molecule has 54 heavy (non-hydrogen) atoms. The van der Waals surface area contributed by atoms with Gasteiger partial charge in [-0.2, -0.15) is 0 Å². The van der Waals surface area contributed by atoms with E-state index in [9.17, 15) is 0 Å². The maximum Gasteiger partial charge on any atom is 0.0260 e. The first-order chi connectivity index (χ1) is 26.7. The van der Waals surface area contributed by atoms with Crippen molar-refractivity contribution in [2.75, 3.05) is 0 Å². The zero-order valence-electron chi connectivity index (χ0n) is 29.1. The van der Waals surface area contributed by atoms with Gasteiger partial charge in [0.05, 0.1) is 0 Å². The highest BCUT2D eigenvalue weighted by atomic mass is 79.9. The van der Waals surface area contributed by atoms with Gasteiger partial charge < -0.3 is 0 Å². The van der Waals surface area contributed by atoms with E-state index in [0.29, 0.717) is 0 Å². The van der Waals surface area contributed by atoms with E-state index in [1.807, 2.05) is 0 Å². The molecule has 252 valence electrons. The van der Waals surface area contributed by atoms with Gasteiger partial charge in [-0.1, -0.05) is 196 Å². The van der Waals surface area contributed by atoms with Crippen molar-refractivity contribution < 1.29 is 0 Å². The molecule has 0 heterocycles. The average molecular weight is 815 g/mol. The van der Waals surface area contributed by atoms with E-state index in [0.717, 1.165) is 8.95 Å². The van der Waals surface area contributed by atoms with Gasteiger partial charge in [0, 0.05) is 8.95 Å². The molecule has 11 aromatic carbocycles. The molecular weight excluding hydrogens is 784 g/mol. The fourth-order valence-electron chi connectivity index (χ4n) is 9.17. The molecule has 0 unspecified atom stereocenters. The van der Waals surface area contributed by atoms with E-state index in [1.165, 1.54) is 109 Å². The summed E-state index contributed by atoms with van der Waals surface area (Å²) in [5, 5.41) is 15.1. The van der Waals surface area contributed by atoms with Gasteiger partial charge >= 0.3 is 0 Å². The summed E-state index contributed by atoms with van der Waals surface area (Å²) in [4.78, 5) is 0. The van der Waals surface area contributed by atoms with Crippen molar-refractivity contribution in [2.24, 2.45) is 0 Å². The van der Waals surface area contributed by atoms with Crippen LogP contribution in [0.1, 0.15) is 0 Å². The molecule has 0 atom stereocenters. The largest absolute Gasteiger partial charge is 0.0622 e. The Hall–Kier alpha value is -5.80. The SMILES string of the molecule is Brc1cc2c(-c3ccccc3)c(-c3ccccc3)c3cc4c(-c5ccccc5)c(-c5ccccc5)c5cccc6c(Br)cc(c4c65)c3c2c2ccccc12. The Morgan fingerprint density at radius 2 is 0.537 bits per heavy atom. The van der Waals surface area contributed by atoms with E-state index in [-0.39, 0.29) is 0 Å². The molecular formula is C52H30Br2. The number of benzene rings is 11. The highest BCUT2D eigenvalue weighted by Gasteiger charge is 2.27. The summed E-state index contributed by atoms with van der Waals surface area (Å²) in [5.74, 6) is 0. The fraction of sp³-hybridized carbons (Fsp3) is 0. The summed E-state index contributed by atoms with van der Waals surface area (Å²) < 4.78 is 2.20. The topological polar surface area (TPSA) is 0 Å². The van der Waals surface area contributed by atoms with Gasteiger partial charge in [-0.05, 0) is 127 Å². The molecule has 2 heteroatoms. The molecule has 0 aliphatic carbocycles. The minimum Gasteiger partial charge on any atom is -0.0622 e. The van der Waals surface area contributed by atoms with E-state index in [1.54, 1.807) is 0 Å². The summed E-state index contributed by atoms with van der Waals surface area (Å²) >= 11 is 8.18. The zero-order valence-corrected chi connectivity index (χ0v) is 32.2. The van der Waals surface area contributed by atoms with Crippen molar-refractivity contribution in [3.05, 3.63) is 191 Å². The maximum absolute atomic E-state index is 4.14. The second-order valence-electron chi connectivity index (χ2n) is 14.1. The number of hydrogen-bond donors (Lipinski definition) is 0. The Bertz CT molecular complexity index is 3240. The second kappa shape index (κ2) is 12.4. The number of fused-ring (bicyclic) bond motifs is 6. The van der Waals surface area contributed by atoms with Crippen molar-refractivity contribution in [3.8, 4) is 44.5 Å². The predicted octanol–water partition coefficient (Wildman–Crippen LogP) is 16.2. The monoisotopic (exact) mass is 812 g/mol. The Balaban J connectivity index is 1.52. The summed E-state index contributed by atoms with van der Waals surface area (Å²) in [6.07, 6.45) is 0. The van der Waals surface area contributed by atoms with Crippen LogP contribution >= 0.6 is 31.9 Å². The Morgan fingerprint density at radius 1 is 0.222 bits per heavy atom. The highest BCUT2D eigenvalue weighted by Crippen LogP contribution is 2.55. The van der Waals surface area contributed by atoms with Gasteiger partial charge in [0.15, 0.2) is 0 Å². The van der Waals surface area contributed by atoms with Crippen LogP contribution in [0.25, 0.3) is 109 Å². The molecule has 0 spiro atoms. The number of rotatable bonds is 4. The zero-order chi connectivity index (χ0) is 35.9. The standard InChI is InChI=1S/C52H30Br2/c53-43-29-41-48(34-22-11-4-12-23-34)47(33-20-9-3-10-21-33)40-28-39-46(32-18-7-2-8-19-32)45(31-16-5-1-6-17-31)38-27-15-26-37-44(54)30-42(52(39)50(37)38)51(40)49(41)36-25-14-13-24-35(36)43/h1-30H. The molecule has 11 rings (SSSR count). The van der Waals surface area contributed by atoms with Gasteiger partial charge in [-0.25, -0.2) is 0 Å². The molecule has 0 amide bonds. The van der Waals surface area contributed by atoms with E-state index in [2.05, 4.69) is 214 Å². The Kier molecular flexibility index (Phi) is 7.27. The van der Waals surface area contributed by atoms with Crippen molar-refractivity contribution in [1.29, 1.82) is 0 Å². The first kappa shape index (κ1) is 31.7. The van der Waals surface area contributed by atoms with Crippen LogP contribution in [0.3, 0.4) is 0 Å². The van der Waals surface area contributed by atoms with Crippen LogP contribution in [0.2, 0.25) is 0 Å². The molecule has 0 nitrogen and oxygen atoms in total. The molecule has 0 N–H and O–H groups in total. The van der Waals surface area contributed by atoms with Gasteiger partial charge in [-0.15, -0.1) is 0 Å². The molecule has 0 saturated heterocycles. The predicted molar refractivity (Wildman–Crippen MR) is 240 cm³/mol. The maximum atomic E-state index is 4.14. The third kappa shape index (κ3) is 4.60. The Morgan fingerprint density at radius 3 is 1.04 bits per heavy atom. The number of hydrogen-bond acceptors (Lipinski definition) is 0. The summed E-state index contributed by atoms with van der Waals surface area (Å²) in [6, 6.07) is 66.9. The lowest BCUT2D eigenvalue weighted by Gasteiger charge is -2.25. The van der Waals surface area contributed by atoms with Crippen LogP contribution in [-0.4, -0.2) is 0 Å². The molecule has 0 aliphatic heterocycles. The lowest BCUT2D eigenvalue weighted by molar-refractivity contribution is 1.62. The second-order valence-corrected chi connectivity index (χ2v) is 15.9. The minimum atomic E-state index is 1.10. The van der Waals surface area contributed by atoms with Crippen LogP contribution in [0.4, 0.5) is 0 Å². The summed E-state index contributed by atoms with van der Waals surface area (Å²) in [6.45, 7) is 0. The first-order valence-corrected chi connectivity index (χ1v) is 19.9. The van der Waals surface area contributed by atoms with Gasteiger partial charge in [0.25, 0.3) is 0 Å². The molecule has 0 radical (unpaired) electrons. The molecule has 0 bridgehead atoms. The van der Waals surface area contributed by atoms with E-state index >= 15 is 0 Å². The van der Waals surface area contributed by atoms with Gasteiger partial charge in [-0.3, -0.25) is 0 Å². The quantitative estimate of drug-likeness (QED) is 0.123. The van der Waals surface area contributed by atoms with Gasteiger partial charge in [0.1, 0.15) is 0 Å². The summed E-state index contributed by atoms with van der Waals surface area (Å²) in [5.41, 5.74) is 9.83. The molecule has 0 aromatic heterocycles. The van der Waals surface area contributed by atoms with Crippen LogP contribution in [0.5, 0.6) is 0 Å². The minimum absolute atomic E-state index is 1.10. The lowest BCUT2D eigenvalue weighted by atomic mass is 9.78. The normalized spacial score (nSPS) is 11.9. The van der Waals surface area contributed by atoms with Crippen LogP contribution in [-0.2, 0) is 0 Å². The van der Waals surface area contributed by atoms with Crippen LogP contribution in [0.15, 0.2) is 191 Å². The third-order valence-corrected chi connectivity index (χ3v) is 12.6. The highest BCUT2D eigenvalue weighted by molar-refractivity contribution is 9.11. The van der Waals surface area contributed by atoms with Crippen molar-refractivity contribution in [2.45, 2.75) is 0 Å². The van der Waals surface area contributed by atoms with Crippen molar-refractivity contribution in [1.82, 2.24) is 0 Å². The average Bonchev–Trinajstić information content (AvgIpc) is 3.23. The first-order valence-electron chi connectivity index (χ1n) is 18.3. The van der Waals surface area contributed by atoms with Crippen molar-refractivity contribution in [3.63, 3.8) is 0 Å². The molecule has 11 aromatic rings. The Labute approximate surface area is 329 Å². The van der Waals surface area contributed by atoms with Gasteiger partial charge in [0.2, 0.25) is 0 Å².